The van der Waals surface area contributed by atoms with E-state index in [1.54, 1.807) is 12.1 Å². The van der Waals surface area contributed by atoms with Crippen molar-refractivity contribution in [1.82, 2.24) is 9.97 Å². The number of hydrogen-bond donors (Lipinski definition) is 1. The first-order chi connectivity index (χ1) is 11.9. The summed E-state index contributed by atoms with van der Waals surface area (Å²) < 4.78 is 38.7. The first kappa shape index (κ1) is 15.5. The Morgan fingerprint density at radius 3 is 2.48 bits per heavy atom. The first-order valence-electron chi connectivity index (χ1n) is 7.71. The smallest absolute Gasteiger partial charge is 0.361 e. The Morgan fingerprint density at radius 1 is 0.920 bits per heavy atom. The fourth-order valence-corrected chi connectivity index (χ4v) is 2.85. The molecule has 0 spiro atoms. The zero-order valence-corrected chi connectivity index (χ0v) is 13.3. The van der Waals surface area contributed by atoms with Crippen LogP contribution >= 0.6 is 0 Å². The van der Waals surface area contributed by atoms with Gasteiger partial charge in [-0.05, 0) is 47.9 Å². The van der Waals surface area contributed by atoms with E-state index in [-0.39, 0.29) is 0 Å². The lowest BCUT2D eigenvalue weighted by molar-refractivity contribution is -0.137. The van der Waals surface area contributed by atoms with Crippen molar-refractivity contribution in [3.8, 4) is 0 Å². The van der Waals surface area contributed by atoms with Crippen LogP contribution < -0.4 is 4.90 Å². The summed E-state index contributed by atoms with van der Waals surface area (Å²) in [5.41, 5.74) is 1.51. The summed E-state index contributed by atoms with van der Waals surface area (Å²) in [7, 11) is 1.84. The minimum atomic E-state index is -4.38. The average Bonchev–Trinajstić information content (AvgIpc) is 3.07. The Morgan fingerprint density at radius 2 is 1.68 bits per heavy atom. The number of hydrogen-bond acceptors (Lipinski definition) is 2. The highest BCUT2D eigenvalue weighted by Crippen LogP contribution is 2.32. The van der Waals surface area contributed by atoms with Gasteiger partial charge in [0.05, 0.1) is 11.1 Å². The number of pyridine rings is 1. The second-order valence-corrected chi connectivity index (χ2v) is 5.88. The minimum Gasteiger partial charge on any atom is -0.361 e. The average molecular weight is 341 g/mol. The van der Waals surface area contributed by atoms with Crippen molar-refractivity contribution in [3.63, 3.8) is 0 Å². The molecule has 1 N–H and O–H groups in total. The summed E-state index contributed by atoms with van der Waals surface area (Å²) in [4.78, 5) is 9.40. The zero-order valence-electron chi connectivity index (χ0n) is 13.3. The number of halogens is 3. The van der Waals surface area contributed by atoms with Gasteiger partial charge in [-0.1, -0.05) is 12.1 Å². The number of nitrogens with one attached hydrogen (secondary N) is 1. The number of aromatic amines is 1. The topological polar surface area (TPSA) is 31.9 Å². The molecule has 0 aliphatic heterocycles. The molecule has 0 saturated heterocycles. The van der Waals surface area contributed by atoms with Gasteiger partial charge in [-0.2, -0.15) is 13.2 Å². The molecule has 4 rings (SSSR count). The number of H-pyrrole nitrogens is 1. The predicted molar refractivity (Wildman–Crippen MR) is 93.1 cm³/mol. The monoisotopic (exact) mass is 341 g/mol. The molecule has 25 heavy (non-hydrogen) atoms. The lowest BCUT2D eigenvalue weighted by Crippen LogP contribution is -2.11. The highest BCUT2D eigenvalue weighted by molar-refractivity contribution is 5.85. The summed E-state index contributed by atoms with van der Waals surface area (Å²) in [5, 5.41) is 1.77. The number of anilines is 2. The molecule has 4 aromatic rings. The zero-order chi connectivity index (χ0) is 17.6. The van der Waals surface area contributed by atoms with Crippen LogP contribution in [0.3, 0.4) is 0 Å². The summed E-state index contributed by atoms with van der Waals surface area (Å²) in [6, 6.07) is 15.1. The van der Waals surface area contributed by atoms with E-state index in [0.717, 1.165) is 28.7 Å². The highest BCUT2D eigenvalue weighted by Gasteiger charge is 2.30. The maximum atomic E-state index is 12.9. The molecule has 0 bridgehead atoms. The van der Waals surface area contributed by atoms with Crippen LogP contribution in [0, 0.1) is 0 Å². The maximum Gasteiger partial charge on any atom is 0.416 e. The third-order valence-corrected chi connectivity index (χ3v) is 4.27. The summed E-state index contributed by atoms with van der Waals surface area (Å²) in [6.45, 7) is 0. The number of alkyl halides is 3. The number of rotatable bonds is 2. The standard InChI is InChI=1S/C19H14F3N3/c1-25(15-6-3-13-8-9-23-16(13)11-15)18-7-4-12-2-5-14(19(20,21)22)10-17(12)24-18/h2-11,23H,1H3. The van der Waals surface area contributed by atoms with E-state index >= 15 is 0 Å². The van der Waals surface area contributed by atoms with E-state index in [2.05, 4.69) is 9.97 Å². The van der Waals surface area contributed by atoms with Crippen LogP contribution in [0.5, 0.6) is 0 Å². The van der Waals surface area contributed by atoms with Gasteiger partial charge in [0.1, 0.15) is 5.82 Å². The Bertz CT molecular complexity index is 1070. The summed E-state index contributed by atoms with van der Waals surface area (Å²) in [6.07, 6.45) is -2.52. The van der Waals surface area contributed by atoms with Crippen molar-refractivity contribution in [2.75, 3.05) is 11.9 Å². The van der Waals surface area contributed by atoms with Gasteiger partial charge in [-0.15, -0.1) is 0 Å². The molecule has 0 fully saturated rings. The Labute approximate surface area is 141 Å². The van der Waals surface area contributed by atoms with Crippen LogP contribution in [-0.2, 0) is 6.18 Å². The van der Waals surface area contributed by atoms with Crippen molar-refractivity contribution in [2.24, 2.45) is 0 Å². The van der Waals surface area contributed by atoms with Crippen LogP contribution in [0.1, 0.15) is 5.56 Å². The van der Waals surface area contributed by atoms with E-state index in [9.17, 15) is 13.2 Å². The van der Waals surface area contributed by atoms with E-state index in [1.807, 2.05) is 42.4 Å². The molecule has 0 radical (unpaired) electrons. The lowest BCUT2D eigenvalue weighted by Gasteiger charge is -2.19. The van der Waals surface area contributed by atoms with Crippen molar-refractivity contribution in [3.05, 3.63) is 66.4 Å². The van der Waals surface area contributed by atoms with Crippen LogP contribution in [-0.4, -0.2) is 17.0 Å². The quantitative estimate of drug-likeness (QED) is 0.522. The lowest BCUT2D eigenvalue weighted by atomic mass is 10.1. The predicted octanol–water partition coefficient (Wildman–Crippen LogP) is 5.50. The van der Waals surface area contributed by atoms with Crippen molar-refractivity contribution in [2.45, 2.75) is 6.18 Å². The molecule has 0 saturated carbocycles. The summed E-state index contributed by atoms with van der Waals surface area (Å²) >= 11 is 0. The molecule has 2 aromatic carbocycles. The number of aromatic nitrogens is 2. The van der Waals surface area contributed by atoms with E-state index in [1.165, 1.54) is 6.07 Å². The van der Waals surface area contributed by atoms with Crippen LogP contribution in [0.2, 0.25) is 0 Å². The first-order valence-corrected chi connectivity index (χ1v) is 7.71. The van der Waals surface area contributed by atoms with Crippen molar-refractivity contribution >= 4 is 33.3 Å². The molecule has 126 valence electrons. The Kier molecular flexibility index (Phi) is 3.42. The van der Waals surface area contributed by atoms with Gasteiger partial charge in [0, 0.05) is 29.8 Å². The van der Waals surface area contributed by atoms with Crippen LogP contribution in [0.4, 0.5) is 24.7 Å². The highest BCUT2D eigenvalue weighted by atomic mass is 19.4. The molecule has 6 heteroatoms. The van der Waals surface area contributed by atoms with Gasteiger partial charge in [-0.25, -0.2) is 4.98 Å². The molecular formula is C19H14F3N3. The Balaban J connectivity index is 1.76. The van der Waals surface area contributed by atoms with Crippen LogP contribution in [0.25, 0.3) is 21.8 Å². The van der Waals surface area contributed by atoms with Gasteiger partial charge in [-0.3, -0.25) is 0 Å². The normalized spacial score (nSPS) is 12.0. The number of fused-ring (bicyclic) bond motifs is 2. The fourth-order valence-electron chi connectivity index (χ4n) is 2.85. The SMILES string of the molecule is CN(c1ccc2cc[nH]c2c1)c1ccc2ccc(C(F)(F)F)cc2n1. The molecule has 0 aliphatic carbocycles. The van der Waals surface area contributed by atoms with Gasteiger partial charge < -0.3 is 9.88 Å². The molecule has 0 atom stereocenters. The van der Waals surface area contributed by atoms with E-state index < -0.39 is 11.7 Å². The number of benzene rings is 2. The molecule has 2 aromatic heterocycles. The van der Waals surface area contributed by atoms with Gasteiger partial charge in [0.2, 0.25) is 0 Å². The largest absolute Gasteiger partial charge is 0.416 e. The summed E-state index contributed by atoms with van der Waals surface area (Å²) in [5.74, 6) is 0.581. The molecule has 0 aliphatic rings. The van der Waals surface area contributed by atoms with Gasteiger partial charge in [0.25, 0.3) is 0 Å². The third-order valence-electron chi connectivity index (χ3n) is 4.27. The van der Waals surface area contributed by atoms with Gasteiger partial charge >= 0.3 is 6.18 Å². The number of nitrogens with zero attached hydrogens (tertiary/aromatic N) is 2. The Hall–Kier alpha value is -3.02. The molecule has 3 nitrogen and oxygen atoms in total. The van der Waals surface area contributed by atoms with Gasteiger partial charge in [0.15, 0.2) is 0 Å². The molecule has 0 amide bonds. The van der Waals surface area contributed by atoms with Crippen molar-refractivity contribution in [1.29, 1.82) is 0 Å². The minimum absolute atomic E-state index is 0.320. The van der Waals surface area contributed by atoms with Crippen molar-refractivity contribution < 1.29 is 13.2 Å². The third kappa shape index (κ3) is 2.80. The molecule has 2 heterocycles. The molecular weight excluding hydrogens is 327 g/mol. The van der Waals surface area contributed by atoms with E-state index in [4.69, 9.17) is 0 Å². The maximum absolute atomic E-state index is 12.9. The van der Waals surface area contributed by atoms with E-state index in [0.29, 0.717) is 16.7 Å². The second kappa shape index (κ2) is 5.51. The van der Waals surface area contributed by atoms with Crippen LogP contribution in [0.15, 0.2) is 60.8 Å². The fraction of sp³-hybridized carbons (Fsp3) is 0.105. The second-order valence-electron chi connectivity index (χ2n) is 5.88. The molecule has 0 unspecified atom stereocenters.